The van der Waals surface area contributed by atoms with Crippen molar-refractivity contribution in [3.8, 4) is 0 Å². The van der Waals surface area contributed by atoms with Crippen molar-refractivity contribution < 1.29 is 0 Å². The first kappa shape index (κ1) is 2.58. The van der Waals surface area contributed by atoms with Gasteiger partial charge in [0.15, 0.2) is 0 Å². The van der Waals surface area contributed by atoms with Gasteiger partial charge in [0.2, 0.25) is 6.13 Å². The summed E-state index contributed by atoms with van der Waals surface area (Å²) in [7, 11) is 0. The summed E-state index contributed by atoms with van der Waals surface area (Å²) in [6.07, 6.45) is 3.06. The largest absolute Gasteiger partial charge is 0.249 e. The van der Waals surface area contributed by atoms with Crippen LogP contribution in [-0.4, -0.2) is 6.13 Å². The van der Waals surface area contributed by atoms with Gasteiger partial charge in [-0.15, -0.1) is 0 Å². The van der Waals surface area contributed by atoms with E-state index in [2.05, 4.69) is 0 Å². The summed E-state index contributed by atoms with van der Waals surface area (Å²) in [5, 5.41) is 0. The van der Waals surface area contributed by atoms with Crippen molar-refractivity contribution in [2.45, 2.75) is 12.6 Å². The van der Waals surface area contributed by atoms with Crippen LogP contribution in [0.25, 0.3) is 0 Å². The maximum atomic E-state index is 5.39. The minimum absolute atomic E-state index is 0.556. The molecule has 0 aliphatic carbocycles. The first-order valence-corrected chi connectivity index (χ1v) is 1.97. The molecule has 0 amide bonds. The third kappa shape index (κ3) is 0.384. The Hall–Kier alpha value is 0.355. The lowest BCUT2D eigenvalue weighted by atomic mass is 10.1. The minimum Gasteiger partial charge on any atom is -0.196 e. The van der Waals surface area contributed by atoms with Gasteiger partial charge in [-0.3, -0.25) is 0 Å². The van der Waals surface area contributed by atoms with Crippen LogP contribution in [0.4, 0.5) is 0 Å². The highest BCUT2D eigenvalue weighted by molar-refractivity contribution is 7.12. The first-order valence-electron chi connectivity index (χ1n) is 1.53. The highest BCUT2D eigenvalue weighted by Crippen LogP contribution is 2.23. The summed E-state index contributed by atoms with van der Waals surface area (Å²) < 4.78 is 0. The van der Waals surface area contributed by atoms with Crippen LogP contribution in [0.15, 0.2) is 0 Å². The Bertz CT molecular complexity index is 25.2. The zero-order valence-electron chi connectivity index (χ0n) is 2.37. The lowest BCUT2D eigenvalue weighted by Crippen LogP contribution is -1.55. The molecule has 0 aromatic rings. The second kappa shape index (κ2) is 0.649. The van der Waals surface area contributed by atoms with Gasteiger partial charge in [-0.1, -0.05) is 12.6 Å². The van der Waals surface area contributed by atoms with Gasteiger partial charge in [0.25, 0.3) is 0 Å². The van der Waals surface area contributed by atoms with E-state index >= 15 is 0 Å². The molecule has 0 nitrogen and oxygen atoms in total. The molecule has 0 atom stereocenters. The van der Waals surface area contributed by atoms with Crippen LogP contribution in [0.5, 0.6) is 0 Å². The average molecular weight is 74.3 g/mol. The molecule has 0 N–H and O–H groups in total. The highest BCUT2D eigenvalue weighted by atomic mass is 35.5. The molecule has 0 aromatic carbocycles. The molecule has 0 bridgehead atoms. The predicted molar refractivity (Wildman–Crippen MR) is 21.2 cm³/mol. The molecule has 22 valence electrons. The van der Waals surface area contributed by atoms with E-state index in [1.807, 2.05) is 0 Å². The maximum absolute atomic E-state index is 5.39. The van der Waals surface area contributed by atoms with Crippen LogP contribution in [0.2, 0.25) is 12.6 Å². The van der Waals surface area contributed by atoms with Gasteiger partial charge in [0.05, 0.1) is 0 Å². The lowest BCUT2D eigenvalue weighted by Gasteiger charge is -1.42. The van der Waals surface area contributed by atoms with Crippen LogP contribution in [0, 0.1) is 0 Å². The Balaban J connectivity index is 2.17. The number of halogens is 1. The van der Waals surface area contributed by atoms with Gasteiger partial charge in [0, 0.05) is 0 Å². The van der Waals surface area contributed by atoms with E-state index in [0.29, 0.717) is 6.13 Å². The molecule has 1 aliphatic heterocycles. The molecular formula is C2H4BCl. The molecule has 1 rings (SSSR count). The van der Waals surface area contributed by atoms with E-state index in [1.54, 1.807) is 0 Å². The van der Waals surface area contributed by atoms with Crippen molar-refractivity contribution in [2.24, 2.45) is 0 Å². The number of rotatable bonds is 0. The Morgan fingerprint density at radius 3 is 1.75 bits per heavy atom. The molecule has 1 heterocycles. The Morgan fingerprint density at radius 1 is 1.50 bits per heavy atom. The predicted octanol–water partition coefficient (Wildman–Crippen LogP) is 1.23. The van der Waals surface area contributed by atoms with E-state index in [-0.39, 0.29) is 0 Å². The summed E-state index contributed by atoms with van der Waals surface area (Å²) in [5.41, 5.74) is 0. The fraction of sp³-hybridized carbons (Fsp3) is 1.00. The first-order chi connectivity index (χ1) is 1.89. The third-order valence-corrected chi connectivity index (χ3v) is 0.943. The fourth-order valence-corrected chi connectivity index (χ4v) is 0.189. The average Bonchev–Trinajstić information content (AvgIpc) is 1.75. The SMILES string of the molecule is ClB1CC1. The molecule has 1 fully saturated rings. The van der Waals surface area contributed by atoms with Gasteiger partial charge < -0.3 is 0 Å². The molecule has 0 radical (unpaired) electrons. The van der Waals surface area contributed by atoms with Gasteiger partial charge in [-0.25, -0.2) is 0 Å². The smallest absolute Gasteiger partial charge is 0.196 e. The van der Waals surface area contributed by atoms with Crippen molar-refractivity contribution in [1.29, 1.82) is 0 Å². The van der Waals surface area contributed by atoms with E-state index in [0.717, 1.165) is 0 Å². The van der Waals surface area contributed by atoms with E-state index in [9.17, 15) is 0 Å². The fourth-order valence-electron chi connectivity index (χ4n) is 0.0630. The van der Waals surface area contributed by atoms with Crippen molar-refractivity contribution in [1.82, 2.24) is 0 Å². The van der Waals surface area contributed by atoms with E-state index < -0.39 is 0 Å². The van der Waals surface area contributed by atoms with Crippen LogP contribution in [0.3, 0.4) is 0 Å². The quantitative estimate of drug-likeness (QED) is 0.379. The van der Waals surface area contributed by atoms with Crippen LogP contribution < -0.4 is 0 Å². The van der Waals surface area contributed by atoms with Gasteiger partial charge in [-0.05, 0) is 0 Å². The zero-order chi connectivity index (χ0) is 2.99. The van der Waals surface area contributed by atoms with Crippen LogP contribution in [0.1, 0.15) is 0 Å². The van der Waals surface area contributed by atoms with Crippen molar-refractivity contribution in [3.63, 3.8) is 0 Å². The maximum Gasteiger partial charge on any atom is 0.249 e. The Morgan fingerprint density at radius 2 is 1.75 bits per heavy atom. The van der Waals surface area contributed by atoms with Gasteiger partial charge in [0.1, 0.15) is 0 Å². The van der Waals surface area contributed by atoms with Crippen LogP contribution >= 0.6 is 11.5 Å². The zero-order valence-corrected chi connectivity index (χ0v) is 3.13. The summed E-state index contributed by atoms with van der Waals surface area (Å²) in [6.45, 7) is 0. The minimum atomic E-state index is 0.556. The monoisotopic (exact) mass is 74.0 g/mol. The summed E-state index contributed by atoms with van der Waals surface area (Å²) >= 11 is 5.39. The third-order valence-electron chi connectivity index (χ3n) is 0.507. The molecule has 0 spiro atoms. The molecule has 1 saturated heterocycles. The van der Waals surface area contributed by atoms with Crippen molar-refractivity contribution >= 4 is 17.6 Å². The molecule has 4 heavy (non-hydrogen) atoms. The second-order valence-corrected chi connectivity index (χ2v) is 1.79. The van der Waals surface area contributed by atoms with E-state index in [1.165, 1.54) is 12.6 Å². The molecule has 0 saturated carbocycles. The lowest BCUT2D eigenvalue weighted by molar-refractivity contribution is 1.69. The Kier molecular flexibility index (Phi) is 0.419. The van der Waals surface area contributed by atoms with Crippen LogP contribution in [-0.2, 0) is 0 Å². The summed E-state index contributed by atoms with van der Waals surface area (Å²) in [4.78, 5) is 0. The summed E-state index contributed by atoms with van der Waals surface area (Å²) in [5.74, 6) is 0. The molecular weight excluding hydrogens is 70.3 g/mol. The normalized spacial score (nSPS) is 21.8. The Labute approximate surface area is 31.1 Å². The molecule has 2 heteroatoms. The van der Waals surface area contributed by atoms with Gasteiger partial charge >= 0.3 is 0 Å². The molecule has 1 aliphatic rings. The molecule has 0 aromatic heterocycles. The second-order valence-electron chi connectivity index (χ2n) is 1.17. The number of hydrogen-bond donors (Lipinski definition) is 0. The van der Waals surface area contributed by atoms with Gasteiger partial charge in [-0.2, -0.15) is 11.5 Å². The molecule has 0 unspecified atom stereocenters. The standard InChI is InChI=1S/C2H4BCl/c4-3-1-2-3/h1-2H2. The van der Waals surface area contributed by atoms with E-state index in [4.69, 9.17) is 11.5 Å². The highest BCUT2D eigenvalue weighted by Gasteiger charge is 2.22. The summed E-state index contributed by atoms with van der Waals surface area (Å²) in [6, 6.07) is 0. The van der Waals surface area contributed by atoms with Crippen molar-refractivity contribution in [2.75, 3.05) is 0 Å². The number of hydrogen-bond acceptors (Lipinski definition) is 0. The topological polar surface area (TPSA) is 0 Å². The van der Waals surface area contributed by atoms with Crippen molar-refractivity contribution in [3.05, 3.63) is 0 Å².